The fourth-order valence-electron chi connectivity index (χ4n) is 2.82. The first-order valence-corrected chi connectivity index (χ1v) is 8.36. The molecule has 0 spiro atoms. The molecule has 3 rings (SSSR count). The molecule has 6 nitrogen and oxygen atoms in total. The maximum atomic E-state index is 14.0. The number of benzene rings is 1. The molecule has 27 heavy (non-hydrogen) atoms. The average molecular weight is 375 g/mol. The van der Waals surface area contributed by atoms with Gasteiger partial charge in [-0.25, -0.2) is 19.2 Å². The smallest absolute Gasteiger partial charge is 0.293 e. The number of rotatable bonds is 7. The topological polar surface area (TPSA) is 65.4 Å². The number of pyridine rings is 1. The molecule has 2 heterocycles. The van der Waals surface area contributed by atoms with E-state index in [-0.39, 0.29) is 12.2 Å². The summed E-state index contributed by atoms with van der Waals surface area (Å²) in [5, 5.41) is 0.766. The summed E-state index contributed by atoms with van der Waals surface area (Å²) in [6, 6.07) is 5.12. The van der Waals surface area contributed by atoms with Crippen LogP contribution >= 0.6 is 0 Å². The molecule has 0 aliphatic carbocycles. The van der Waals surface area contributed by atoms with Gasteiger partial charge in [-0.2, -0.15) is 0 Å². The number of fused-ring (bicyclic) bond motifs is 1. The van der Waals surface area contributed by atoms with Crippen molar-refractivity contribution in [3.63, 3.8) is 0 Å². The third-order valence-electron chi connectivity index (χ3n) is 4.09. The Balaban J connectivity index is 2.03. The number of carbonyl (C=O) groups excluding carboxylic acids is 1. The van der Waals surface area contributed by atoms with Crippen molar-refractivity contribution >= 4 is 16.8 Å². The molecular formula is C19H19F2N3O3. The van der Waals surface area contributed by atoms with Gasteiger partial charge in [0.25, 0.3) is 5.91 Å². The van der Waals surface area contributed by atoms with Crippen LogP contribution in [0.2, 0.25) is 0 Å². The van der Waals surface area contributed by atoms with Crippen LogP contribution in [0, 0.1) is 11.6 Å². The quantitative estimate of drug-likeness (QED) is 0.644. The normalized spacial score (nSPS) is 11.1. The van der Waals surface area contributed by atoms with E-state index in [4.69, 9.17) is 4.74 Å². The lowest BCUT2D eigenvalue weighted by Crippen LogP contribution is -2.22. The zero-order chi connectivity index (χ0) is 19.4. The van der Waals surface area contributed by atoms with Crippen molar-refractivity contribution in [1.82, 2.24) is 15.0 Å². The summed E-state index contributed by atoms with van der Waals surface area (Å²) in [5.74, 6) is -1.72. The second-order valence-corrected chi connectivity index (χ2v) is 5.88. The molecule has 1 N–H and O–H groups in total. The van der Waals surface area contributed by atoms with Crippen molar-refractivity contribution in [1.29, 1.82) is 0 Å². The van der Waals surface area contributed by atoms with E-state index in [1.54, 1.807) is 10.6 Å². The monoisotopic (exact) mass is 375 g/mol. The first-order valence-electron chi connectivity index (χ1n) is 8.36. The molecule has 0 saturated heterocycles. The van der Waals surface area contributed by atoms with Gasteiger partial charge >= 0.3 is 0 Å². The Hall–Kier alpha value is -2.84. The van der Waals surface area contributed by atoms with Gasteiger partial charge in [0.15, 0.2) is 0 Å². The van der Waals surface area contributed by atoms with Crippen molar-refractivity contribution < 1.29 is 23.1 Å². The van der Waals surface area contributed by atoms with Gasteiger partial charge in [0.05, 0.1) is 32.0 Å². The van der Waals surface area contributed by atoms with Gasteiger partial charge in [0.2, 0.25) is 0 Å². The van der Waals surface area contributed by atoms with Crippen LogP contribution in [0.1, 0.15) is 28.5 Å². The minimum atomic E-state index is -0.624. The van der Waals surface area contributed by atoms with Crippen LogP contribution in [0.25, 0.3) is 10.9 Å². The number of nitrogens with one attached hydrogen (secondary N) is 1. The summed E-state index contributed by atoms with van der Waals surface area (Å²) in [7, 11) is 1.34. The minimum absolute atomic E-state index is 0.188. The first kappa shape index (κ1) is 18.9. The number of nitrogens with zero attached hydrogens (tertiary/aromatic N) is 2. The number of halogens is 2. The van der Waals surface area contributed by atoms with Crippen LogP contribution < -0.4 is 5.48 Å². The van der Waals surface area contributed by atoms with E-state index in [1.165, 1.54) is 25.4 Å². The van der Waals surface area contributed by atoms with E-state index in [0.717, 1.165) is 17.0 Å². The summed E-state index contributed by atoms with van der Waals surface area (Å²) in [6.45, 7) is 2.94. The van der Waals surface area contributed by atoms with Crippen molar-refractivity contribution in [3.05, 3.63) is 65.1 Å². The zero-order valence-electron chi connectivity index (χ0n) is 15.0. The maximum absolute atomic E-state index is 14.0. The lowest BCUT2D eigenvalue weighted by molar-refractivity contribution is 0.0532. The third kappa shape index (κ3) is 4.12. The minimum Gasteiger partial charge on any atom is -0.377 e. The highest BCUT2D eigenvalue weighted by Crippen LogP contribution is 2.24. The van der Waals surface area contributed by atoms with E-state index < -0.39 is 17.5 Å². The molecule has 0 bridgehead atoms. The molecule has 0 aliphatic rings. The Kier molecular flexibility index (Phi) is 5.78. The molecular weight excluding hydrogens is 356 g/mol. The highest BCUT2D eigenvalue weighted by molar-refractivity contribution is 5.96. The lowest BCUT2D eigenvalue weighted by Gasteiger charge is -2.07. The Morgan fingerprint density at radius 1 is 1.26 bits per heavy atom. The average Bonchev–Trinajstić information content (AvgIpc) is 2.99. The van der Waals surface area contributed by atoms with Crippen LogP contribution in [0.15, 0.2) is 36.7 Å². The number of carbonyl (C=O) groups is 1. The summed E-state index contributed by atoms with van der Waals surface area (Å²) >= 11 is 0. The van der Waals surface area contributed by atoms with Crippen molar-refractivity contribution in [2.45, 2.75) is 20.1 Å². The summed E-state index contributed by atoms with van der Waals surface area (Å²) in [5.41, 5.74) is 4.30. The fourth-order valence-corrected chi connectivity index (χ4v) is 2.82. The number of ether oxygens (including phenoxy) is 1. The molecule has 1 amide bonds. The Bertz CT molecular complexity index is 972. The second kappa shape index (κ2) is 8.24. The van der Waals surface area contributed by atoms with E-state index >= 15 is 0 Å². The summed E-state index contributed by atoms with van der Waals surface area (Å²) < 4.78 is 34.5. The van der Waals surface area contributed by atoms with E-state index in [2.05, 4.69) is 15.3 Å². The number of hydrogen-bond acceptors (Lipinski definition) is 4. The van der Waals surface area contributed by atoms with Crippen LogP contribution in [0.5, 0.6) is 0 Å². The van der Waals surface area contributed by atoms with Gasteiger partial charge in [-0.15, -0.1) is 0 Å². The molecule has 3 aromatic rings. The van der Waals surface area contributed by atoms with Gasteiger partial charge in [-0.1, -0.05) is 6.07 Å². The molecule has 8 heteroatoms. The van der Waals surface area contributed by atoms with Gasteiger partial charge in [0.1, 0.15) is 17.3 Å². The van der Waals surface area contributed by atoms with Crippen LogP contribution in [0.3, 0.4) is 0 Å². The van der Waals surface area contributed by atoms with E-state index in [9.17, 15) is 13.6 Å². The molecule has 0 saturated carbocycles. The van der Waals surface area contributed by atoms with Gasteiger partial charge < -0.3 is 9.30 Å². The SMILES string of the molecule is CCOCc1cn(Cc2ccc(F)cc2F)c2cnc(C(=O)NOC)cc12. The largest absolute Gasteiger partial charge is 0.377 e. The van der Waals surface area contributed by atoms with Crippen molar-refractivity contribution in [2.75, 3.05) is 13.7 Å². The Morgan fingerprint density at radius 3 is 2.78 bits per heavy atom. The molecule has 0 aliphatic heterocycles. The molecule has 0 fully saturated rings. The second-order valence-electron chi connectivity index (χ2n) is 5.88. The van der Waals surface area contributed by atoms with Gasteiger partial charge in [0, 0.05) is 35.4 Å². The Labute approximate surface area is 154 Å². The van der Waals surface area contributed by atoms with Crippen LogP contribution in [-0.2, 0) is 22.7 Å². The summed E-state index contributed by atoms with van der Waals surface area (Å²) in [4.78, 5) is 20.7. The predicted octanol–water partition coefficient (Wildman–Crippen LogP) is 3.19. The van der Waals surface area contributed by atoms with Gasteiger partial charge in [-0.05, 0) is 19.1 Å². The molecule has 2 aromatic heterocycles. The van der Waals surface area contributed by atoms with Crippen LogP contribution in [0.4, 0.5) is 8.78 Å². The highest BCUT2D eigenvalue weighted by atomic mass is 19.1. The predicted molar refractivity (Wildman–Crippen MR) is 95.0 cm³/mol. The van der Waals surface area contributed by atoms with Crippen LogP contribution in [-0.4, -0.2) is 29.2 Å². The molecule has 142 valence electrons. The van der Waals surface area contributed by atoms with Crippen molar-refractivity contribution in [2.24, 2.45) is 0 Å². The molecule has 0 radical (unpaired) electrons. The third-order valence-corrected chi connectivity index (χ3v) is 4.09. The number of hydroxylamine groups is 1. The first-order chi connectivity index (χ1) is 13.0. The maximum Gasteiger partial charge on any atom is 0.293 e. The zero-order valence-corrected chi connectivity index (χ0v) is 15.0. The summed E-state index contributed by atoms with van der Waals surface area (Å²) in [6.07, 6.45) is 3.36. The molecule has 1 aromatic carbocycles. The molecule has 0 unspecified atom stereocenters. The van der Waals surface area contributed by atoms with Gasteiger partial charge in [-0.3, -0.25) is 9.63 Å². The van der Waals surface area contributed by atoms with Crippen molar-refractivity contribution in [3.8, 4) is 0 Å². The van der Waals surface area contributed by atoms with E-state index in [0.29, 0.717) is 24.3 Å². The fraction of sp³-hybridized carbons (Fsp3) is 0.263. The van der Waals surface area contributed by atoms with E-state index in [1.807, 2.05) is 13.1 Å². The Morgan fingerprint density at radius 2 is 2.07 bits per heavy atom. The highest BCUT2D eigenvalue weighted by Gasteiger charge is 2.15. The standard InChI is InChI=1S/C19H19F2N3O3/c1-3-27-11-13-10-24(9-12-4-5-14(20)6-16(12)21)18-8-22-17(7-15(13)18)19(25)23-26-2/h4-8,10H,3,9,11H2,1-2H3,(H,23,25). The number of amides is 1. The number of hydrogen-bond donors (Lipinski definition) is 1. The lowest BCUT2D eigenvalue weighted by atomic mass is 10.2. The number of aromatic nitrogens is 2. The molecule has 0 atom stereocenters.